The largest absolute Gasteiger partial charge is 0.375 e. The lowest BCUT2D eigenvalue weighted by Gasteiger charge is -2.49. The Kier molecular flexibility index (Phi) is 5.00. The third-order valence-corrected chi connectivity index (χ3v) is 5.73. The van der Waals surface area contributed by atoms with Gasteiger partial charge in [0.25, 0.3) is 0 Å². The fourth-order valence-electron chi connectivity index (χ4n) is 4.79. The summed E-state index contributed by atoms with van der Waals surface area (Å²) in [7, 11) is 0. The molecule has 0 spiro atoms. The zero-order valence-electron chi connectivity index (χ0n) is 13.2. The number of piperidine rings is 1. The van der Waals surface area contributed by atoms with Crippen molar-refractivity contribution < 1.29 is 4.74 Å². The molecule has 3 heteroatoms. The molecule has 20 heavy (non-hydrogen) atoms. The second-order valence-corrected chi connectivity index (χ2v) is 7.26. The minimum atomic E-state index is 0.534. The molecule has 3 aliphatic rings. The molecule has 3 atom stereocenters. The molecule has 0 aromatic carbocycles. The standard InChI is InChI=1S/C17H32N2O/c1-2-8-17(9-5-10-18-13-17)14-19-11-12-20-16-7-4-3-6-15(16)19/h15-16,18H,2-14H2,1H3. The highest BCUT2D eigenvalue weighted by atomic mass is 16.5. The van der Waals surface area contributed by atoms with Crippen molar-refractivity contribution in [2.45, 2.75) is 70.4 Å². The third kappa shape index (κ3) is 3.20. The summed E-state index contributed by atoms with van der Waals surface area (Å²) in [5.74, 6) is 0. The second-order valence-electron chi connectivity index (χ2n) is 7.26. The van der Waals surface area contributed by atoms with Gasteiger partial charge in [-0.2, -0.15) is 0 Å². The predicted molar refractivity (Wildman–Crippen MR) is 83.0 cm³/mol. The maximum Gasteiger partial charge on any atom is 0.0730 e. The molecule has 3 rings (SSSR count). The highest BCUT2D eigenvalue weighted by molar-refractivity contribution is 4.94. The van der Waals surface area contributed by atoms with Crippen LogP contribution in [0.15, 0.2) is 0 Å². The first-order valence-corrected chi connectivity index (χ1v) is 8.89. The molecule has 0 aromatic rings. The maximum absolute atomic E-state index is 6.04. The topological polar surface area (TPSA) is 24.5 Å². The van der Waals surface area contributed by atoms with Crippen molar-refractivity contribution in [2.24, 2.45) is 5.41 Å². The monoisotopic (exact) mass is 280 g/mol. The van der Waals surface area contributed by atoms with Gasteiger partial charge in [0.2, 0.25) is 0 Å². The highest BCUT2D eigenvalue weighted by Crippen LogP contribution is 2.36. The SMILES string of the molecule is CCCC1(CN2CCOC3CCCCC32)CCCNC1. The van der Waals surface area contributed by atoms with E-state index in [-0.39, 0.29) is 0 Å². The second kappa shape index (κ2) is 6.76. The van der Waals surface area contributed by atoms with Crippen molar-refractivity contribution in [2.75, 3.05) is 32.8 Å². The van der Waals surface area contributed by atoms with Crippen molar-refractivity contribution in [3.63, 3.8) is 0 Å². The van der Waals surface area contributed by atoms with Gasteiger partial charge in [-0.25, -0.2) is 0 Å². The van der Waals surface area contributed by atoms with Crippen LogP contribution in [0, 0.1) is 5.41 Å². The molecule has 3 fully saturated rings. The average molecular weight is 280 g/mol. The van der Waals surface area contributed by atoms with E-state index in [2.05, 4.69) is 17.1 Å². The van der Waals surface area contributed by atoms with Gasteiger partial charge < -0.3 is 10.1 Å². The molecule has 1 saturated carbocycles. The van der Waals surface area contributed by atoms with Crippen LogP contribution in [0.5, 0.6) is 0 Å². The molecule has 1 N–H and O–H groups in total. The van der Waals surface area contributed by atoms with Crippen molar-refractivity contribution in [3.8, 4) is 0 Å². The van der Waals surface area contributed by atoms with Crippen LogP contribution < -0.4 is 5.32 Å². The quantitative estimate of drug-likeness (QED) is 0.857. The molecule has 0 aromatic heterocycles. The number of rotatable bonds is 4. The molecule has 116 valence electrons. The van der Waals surface area contributed by atoms with E-state index in [9.17, 15) is 0 Å². The van der Waals surface area contributed by atoms with Crippen LogP contribution in [0.1, 0.15) is 58.3 Å². The van der Waals surface area contributed by atoms with E-state index in [0.717, 1.165) is 13.2 Å². The van der Waals surface area contributed by atoms with Gasteiger partial charge in [-0.05, 0) is 44.1 Å². The van der Waals surface area contributed by atoms with E-state index in [1.54, 1.807) is 0 Å². The Hall–Kier alpha value is -0.120. The third-order valence-electron chi connectivity index (χ3n) is 5.73. The Bertz CT molecular complexity index is 294. The molecule has 2 saturated heterocycles. The van der Waals surface area contributed by atoms with Gasteiger partial charge in [0.15, 0.2) is 0 Å². The lowest BCUT2D eigenvalue weighted by atomic mass is 9.75. The van der Waals surface area contributed by atoms with Crippen molar-refractivity contribution in [1.82, 2.24) is 10.2 Å². The van der Waals surface area contributed by atoms with Gasteiger partial charge in [-0.15, -0.1) is 0 Å². The van der Waals surface area contributed by atoms with Gasteiger partial charge in [0.05, 0.1) is 12.7 Å². The predicted octanol–water partition coefficient (Wildman–Crippen LogP) is 2.80. The molecule has 2 aliphatic heterocycles. The molecule has 0 amide bonds. The number of hydrogen-bond donors (Lipinski definition) is 1. The van der Waals surface area contributed by atoms with Gasteiger partial charge in [-0.1, -0.05) is 26.2 Å². The fourth-order valence-corrected chi connectivity index (χ4v) is 4.79. The summed E-state index contributed by atoms with van der Waals surface area (Å²) in [5, 5.41) is 3.66. The first-order chi connectivity index (χ1) is 9.83. The summed E-state index contributed by atoms with van der Waals surface area (Å²) < 4.78 is 6.04. The van der Waals surface area contributed by atoms with Crippen LogP contribution in [0.3, 0.4) is 0 Å². The Morgan fingerprint density at radius 2 is 2.15 bits per heavy atom. The smallest absolute Gasteiger partial charge is 0.0730 e. The summed E-state index contributed by atoms with van der Waals surface area (Å²) >= 11 is 0. The maximum atomic E-state index is 6.04. The number of morpholine rings is 1. The fraction of sp³-hybridized carbons (Fsp3) is 1.00. The van der Waals surface area contributed by atoms with Crippen molar-refractivity contribution in [1.29, 1.82) is 0 Å². The van der Waals surface area contributed by atoms with E-state index < -0.39 is 0 Å². The summed E-state index contributed by atoms with van der Waals surface area (Å²) in [4.78, 5) is 2.80. The number of nitrogens with one attached hydrogen (secondary N) is 1. The highest BCUT2D eigenvalue weighted by Gasteiger charge is 2.39. The van der Waals surface area contributed by atoms with Gasteiger partial charge in [0, 0.05) is 25.7 Å². The first-order valence-electron chi connectivity index (χ1n) is 8.89. The van der Waals surface area contributed by atoms with Gasteiger partial charge >= 0.3 is 0 Å². The molecule has 3 unspecified atom stereocenters. The first kappa shape index (κ1) is 14.8. The average Bonchev–Trinajstić information content (AvgIpc) is 2.49. The molecule has 3 nitrogen and oxygen atoms in total. The van der Waals surface area contributed by atoms with Crippen LogP contribution in [0.25, 0.3) is 0 Å². The van der Waals surface area contributed by atoms with E-state index in [0.29, 0.717) is 17.6 Å². The minimum Gasteiger partial charge on any atom is -0.375 e. The number of hydrogen-bond acceptors (Lipinski definition) is 3. The number of nitrogens with zero attached hydrogens (tertiary/aromatic N) is 1. The van der Waals surface area contributed by atoms with E-state index in [1.807, 2.05) is 0 Å². The van der Waals surface area contributed by atoms with Crippen LogP contribution in [0.4, 0.5) is 0 Å². The van der Waals surface area contributed by atoms with Crippen LogP contribution in [-0.4, -0.2) is 49.8 Å². The van der Waals surface area contributed by atoms with Gasteiger partial charge in [0.1, 0.15) is 0 Å². The minimum absolute atomic E-state index is 0.534. The lowest BCUT2D eigenvalue weighted by Crippen LogP contribution is -2.57. The molecular formula is C17H32N2O. The van der Waals surface area contributed by atoms with E-state index >= 15 is 0 Å². The normalized spacial score (nSPS) is 39.5. The van der Waals surface area contributed by atoms with E-state index in [4.69, 9.17) is 4.74 Å². The summed E-state index contributed by atoms with van der Waals surface area (Å²) in [5.41, 5.74) is 0.534. The summed E-state index contributed by atoms with van der Waals surface area (Å²) in [6, 6.07) is 0.716. The van der Waals surface area contributed by atoms with Crippen LogP contribution in [0.2, 0.25) is 0 Å². The Balaban J connectivity index is 1.66. The summed E-state index contributed by atoms with van der Waals surface area (Å²) in [6.45, 7) is 8.22. The van der Waals surface area contributed by atoms with Crippen molar-refractivity contribution in [3.05, 3.63) is 0 Å². The number of ether oxygens (including phenoxy) is 1. The molecule has 0 radical (unpaired) electrons. The Morgan fingerprint density at radius 3 is 2.95 bits per heavy atom. The zero-order valence-corrected chi connectivity index (χ0v) is 13.2. The zero-order chi connectivity index (χ0) is 13.8. The molecule has 2 heterocycles. The van der Waals surface area contributed by atoms with Crippen LogP contribution in [-0.2, 0) is 4.74 Å². The lowest BCUT2D eigenvalue weighted by molar-refractivity contribution is -0.101. The molecule has 0 bridgehead atoms. The van der Waals surface area contributed by atoms with Crippen LogP contribution >= 0.6 is 0 Å². The molecular weight excluding hydrogens is 248 g/mol. The Morgan fingerprint density at radius 1 is 1.25 bits per heavy atom. The van der Waals surface area contributed by atoms with Crippen molar-refractivity contribution >= 4 is 0 Å². The van der Waals surface area contributed by atoms with Gasteiger partial charge in [-0.3, -0.25) is 4.90 Å². The molecule has 1 aliphatic carbocycles. The van der Waals surface area contributed by atoms with E-state index in [1.165, 1.54) is 71.0 Å². The Labute approximate surface area is 124 Å². The number of fused-ring (bicyclic) bond motifs is 1. The summed E-state index contributed by atoms with van der Waals surface area (Å²) in [6.07, 6.45) is 11.4.